The number of halogens is 1. The molecule has 1 aromatic rings. The van der Waals surface area contributed by atoms with E-state index in [9.17, 15) is 0 Å². The van der Waals surface area contributed by atoms with Gasteiger partial charge in [0.2, 0.25) is 5.28 Å². The third-order valence-corrected chi connectivity index (χ3v) is 8.03. The second-order valence-electron chi connectivity index (χ2n) is 5.68. The van der Waals surface area contributed by atoms with Crippen LogP contribution in [-0.4, -0.2) is 24.9 Å². The van der Waals surface area contributed by atoms with E-state index in [1.807, 2.05) is 6.07 Å². The van der Waals surface area contributed by atoms with Crippen LogP contribution in [0.1, 0.15) is 26.5 Å². The second kappa shape index (κ2) is 5.46. The molecule has 0 aliphatic rings. The second-order valence-corrected chi connectivity index (χ2v) is 10.8. The average Bonchev–Trinajstić information content (AvgIpc) is 2.15. The number of rotatable bonds is 4. The van der Waals surface area contributed by atoms with Gasteiger partial charge in [0.25, 0.3) is 0 Å². The fourth-order valence-electron chi connectivity index (χ4n) is 1.14. The SMILES string of the molecule is CC(C)(C)[Si](C)(C)OCCc1ccnc(Cl)n1. The van der Waals surface area contributed by atoms with Gasteiger partial charge in [-0.15, -0.1) is 0 Å². The molecule has 0 amide bonds. The van der Waals surface area contributed by atoms with E-state index in [0.717, 1.165) is 12.1 Å². The van der Waals surface area contributed by atoms with E-state index in [0.29, 0.717) is 11.9 Å². The lowest BCUT2D eigenvalue weighted by molar-refractivity contribution is 0.290. The van der Waals surface area contributed by atoms with Crippen molar-refractivity contribution in [2.45, 2.75) is 45.3 Å². The number of hydrogen-bond acceptors (Lipinski definition) is 3. The van der Waals surface area contributed by atoms with Crippen LogP contribution in [0.25, 0.3) is 0 Å². The van der Waals surface area contributed by atoms with Crippen LogP contribution >= 0.6 is 11.6 Å². The Morgan fingerprint density at radius 2 is 2.00 bits per heavy atom. The molecule has 17 heavy (non-hydrogen) atoms. The van der Waals surface area contributed by atoms with E-state index >= 15 is 0 Å². The molecule has 0 saturated carbocycles. The quantitative estimate of drug-likeness (QED) is 0.619. The van der Waals surface area contributed by atoms with Gasteiger partial charge >= 0.3 is 0 Å². The minimum absolute atomic E-state index is 0.246. The molecule has 0 radical (unpaired) electrons. The highest BCUT2D eigenvalue weighted by Gasteiger charge is 2.36. The van der Waals surface area contributed by atoms with Crippen LogP contribution in [0.3, 0.4) is 0 Å². The standard InChI is InChI=1S/C12H21ClN2OSi/c1-12(2,3)17(4,5)16-9-7-10-6-8-14-11(13)15-10/h6,8H,7,9H2,1-5H3. The van der Waals surface area contributed by atoms with Crippen molar-refractivity contribution in [2.75, 3.05) is 6.61 Å². The molecule has 0 aromatic carbocycles. The summed E-state index contributed by atoms with van der Waals surface area (Å²) in [4.78, 5) is 8.00. The van der Waals surface area contributed by atoms with Crippen molar-refractivity contribution in [1.82, 2.24) is 9.97 Å². The maximum atomic E-state index is 6.07. The molecule has 0 atom stereocenters. The Labute approximate surface area is 110 Å². The molecule has 0 saturated heterocycles. The van der Waals surface area contributed by atoms with Gasteiger partial charge in [0.1, 0.15) is 0 Å². The van der Waals surface area contributed by atoms with Crippen LogP contribution < -0.4 is 0 Å². The van der Waals surface area contributed by atoms with Gasteiger partial charge < -0.3 is 4.43 Å². The zero-order chi connectivity index (χ0) is 13.1. The average molecular weight is 273 g/mol. The highest BCUT2D eigenvalue weighted by Crippen LogP contribution is 2.36. The summed E-state index contributed by atoms with van der Waals surface area (Å²) in [6.07, 6.45) is 2.46. The summed E-state index contributed by atoms with van der Waals surface area (Å²) in [6.45, 7) is 11.9. The molecular formula is C12H21ClN2OSi. The Morgan fingerprint density at radius 1 is 1.35 bits per heavy atom. The molecule has 0 bridgehead atoms. The molecule has 1 aromatic heterocycles. The van der Waals surface area contributed by atoms with Crippen LogP contribution in [0.5, 0.6) is 0 Å². The molecule has 0 fully saturated rings. The summed E-state index contributed by atoms with van der Waals surface area (Å²) < 4.78 is 6.07. The minimum atomic E-state index is -1.65. The maximum absolute atomic E-state index is 6.07. The third-order valence-electron chi connectivity index (χ3n) is 3.31. The van der Waals surface area contributed by atoms with Gasteiger partial charge in [-0.2, -0.15) is 0 Å². The van der Waals surface area contributed by atoms with Gasteiger partial charge in [-0.25, -0.2) is 9.97 Å². The van der Waals surface area contributed by atoms with Gasteiger partial charge in [-0.3, -0.25) is 0 Å². The van der Waals surface area contributed by atoms with Gasteiger partial charge in [-0.1, -0.05) is 20.8 Å². The summed E-state index contributed by atoms with van der Waals surface area (Å²) in [5.41, 5.74) is 0.934. The zero-order valence-electron chi connectivity index (χ0n) is 11.2. The fraction of sp³-hybridized carbons (Fsp3) is 0.667. The third kappa shape index (κ3) is 4.37. The van der Waals surface area contributed by atoms with Gasteiger partial charge in [0.05, 0.1) is 0 Å². The highest BCUT2D eigenvalue weighted by atomic mass is 35.5. The molecule has 0 aliphatic carbocycles. The number of aromatic nitrogens is 2. The first-order valence-corrected chi connectivity index (χ1v) is 9.12. The zero-order valence-corrected chi connectivity index (χ0v) is 13.0. The maximum Gasteiger partial charge on any atom is 0.222 e. The van der Waals surface area contributed by atoms with E-state index in [4.69, 9.17) is 16.0 Å². The Kier molecular flexibility index (Phi) is 4.69. The van der Waals surface area contributed by atoms with Crippen LogP contribution in [0.2, 0.25) is 23.4 Å². The molecule has 5 heteroatoms. The summed E-state index contributed by atoms with van der Waals surface area (Å²) >= 11 is 5.73. The Balaban J connectivity index is 2.48. The molecule has 0 aliphatic heterocycles. The first-order valence-electron chi connectivity index (χ1n) is 5.84. The minimum Gasteiger partial charge on any atom is -0.416 e. The Bertz CT molecular complexity index is 377. The number of hydrogen-bond donors (Lipinski definition) is 0. The van der Waals surface area contributed by atoms with Crippen molar-refractivity contribution in [3.8, 4) is 0 Å². The monoisotopic (exact) mass is 272 g/mol. The summed E-state index contributed by atoms with van der Waals surface area (Å²) in [5, 5.41) is 0.547. The molecular weight excluding hydrogens is 252 g/mol. The Morgan fingerprint density at radius 3 is 2.53 bits per heavy atom. The highest BCUT2D eigenvalue weighted by molar-refractivity contribution is 6.74. The van der Waals surface area contributed by atoms with E-state index in [1.54, 1.807) is 6.20 Å². The molecule has 96 valence electrons. The van der Waals surface area contributed by atoms with Crippen LogP contribution in [0.4, 0.5) is 0 Å². The lowest BCUT2D eigenvalue weighted by Gasteiger charge is -2.36. The van der Waals surface area contributed by atoms with Crippen molar-refractivity contribution in [2.24, 2.45) is 0 Å². The van der Waals surface area contributed by atoms with Crippen molar-refractivity contribution < 1.29 is 4.43 Å². The smallest absolute Gasteiger partial charge is 0.222 e. The van der Waals surface area contributed by atoms with Crippen molar-refractivity contribution >= 4 is 19.9 Å². The van der Waals surface area contributed by atoms with Crippen LogP contribution in [-0.2, 0) is 10.8 Å². The normalized spacial score (nSPS) is 12.8. The van der Waals surface area contributed by atoms with Crippen molar-refractivity contribution in [3.63, 3.8) is 0 Å². The van der Waals surface area contributed by atoms with Crippen LogP contribution in [0, 0.1) is 0 Å². The molecule has 1 rings (SSSR count). The van der Waals surface area contributed by atoms with Crippen molar-refractivity contribution in [3.05, 3.63) is 23.2 Å². The van der Waals surface area contributed by atoms with Gasteiger partial charge in [0, 0.05) is 24.9 Å². The van der Waals surface area contributed by atoms with Gasteiger partial charge in [-0.05, 0) is 35.8 Å². The lowest BCUT2D eigenvalue weighted by Crippen LogP contribution is -2.41. The lowest BCUT2D eigenvalue weighted by atomic mass is 10.2. The molecule has 3 nitrogen and oxygen atoms in total. The van der Waals surface area contributed by atoms with Crippen molar-refractivity contribution in [1.29, 1.82) is 0 Å². The van der Waals surface area contributed by atoms with E-state index in [-0.39, 0.29) is 5.04 Å². The molecule has 0 N–H and O–H groups in total. The van der Waals surface area contributed by atoms with Crippen LogP contribution in [0.15, 0.2) is 12.3 Å². The van der Waals surface area contributed by atoms with E-state index in [1.165, 1.54) is 0 Å². The summed E-state index contributed by atoms with van der Waals surface area (Å²) in [5.74, 6) is 0. The fourth-order valence-corrected chi connectivity index (χ4v) is 2.35. The summed E-state index contributed by atoms with van der Waals surface area (Å²) in [6, 6.07) is 1.88. The first-order chi connectivity index (χ1) is 7.72. The predicted molar refractivity (Wildman–Crippen MR) is 73.9 cm³/mol. The topological polar surface area (TPSA) is 35.0 Å². The molecule has 0 unspecified atom stereocenters. The summed E-state index contributed by atoms with van der Waals surface area (Å²) in [7, 11) is -1.65. The first kappa shape index (κ1) is 14.6. The van der Waals surface area contributed by atoms with E-state index < -0.39 is 8.32 Å². The molecule has 1 heterocycles. The van der Waals surface area contributed by atoms with E-state index in [2.05, 4.69) is 43.8 Å². The Hall–Kier alpha value is -0.453. The predicted octanol–water partition coefficient (Wildman–Crippen LogP) is 3.69. The van der Waals surface area contributed by atoms with Gasteiger partial charge in [0.15, 0.2) is 8.32 Å². The largest absolute Gasteiger partial charge is 0.416 e. The number of nitrogens with zero attached hydrogens (tertiary/aromatic N) is 2. The molecule has 0 spiro atoms.